The highest BCUT2D eigenvalue weighted by Crippen LogP contribution is 2.42. The first-order chi connectivity index (χ1) is 9.77. The van der Waals surface area contributed by atoms with Gasteiger partial charge in [0.2, 0.25) is 0 Å². The first-order valence-corrected chi connectivity index (χ1v) is 6.82. The van der Waals surface area contributed by atoms with E-state index in [1.165, 1.54) is 0 Å². The molecule has 1 fully saturated rings. The number of nitrogens with zero attached hydrogens (tertiary/aromatic N) is 2. The largest absolute Gasteiger partial charge is 0.384 e. The van der Waals surface area contributed by atoms with Crippen molar-refractivity contribution in [2.75, 3.05) is 18.8 Å². The molecule has 0 amide bonds. The fourth-order valence-corrected chi connectivity index (χ4v) is 3.20. The number of imidazole rings is 1. The van der Waals surface area contributed by atoms with Gasteiger partial charge in [0.1, 0.15) is 23.5 Å². The number of carbonyl (C=O) groups is 1. The van der Waals surface area contributed by atoms with Gasteiger partial charge in [-0.3, -0.25) is 4.90 Å². The maximum atomic E-state index is 11.0. The summed E-state index contributed by atoms with van der Waals surface area (Å²) in [6.07, 6.45) is 4.55. The lowest BCUT2D eigenvalue weighted by Gasteiger charge is -2.36. The Hall–Kier alpha value is -1.56. The lowest BCUT2D eigenvalue weighted by molar-refractivity contribution is -0.109. The minimum Gasteiger partial charge on any atom is -0.384 e. The van der Waals surface area contributed by atoms with Crippen molar-refractivity contribution in [1.82, 2.24) is 14.9 Å². The predicted molar refractivity (Wildman–Crippen MR) is 91.6 cm³/mol. The SMILES string of the molecule is Cl.Cl.Nc1cnc(C2(c3ccccc3)CCCN2CC=O)[nH]1. The molecule has 3 rings (SSSR count). The van der Waals surface area contributed by atoms with Crippen LogP contribution in [0.25, 0.3) is 0 Å². The van der Waals surface area contributed by atoms with Gasteiger partial charge in [0, 0.05) is 0 Å². The minimum absolute atomic E-state index is 0. The Morgan fingerprint density at radius 2 is 2.05 bits per heavy atom. The van der Waals surface area contributed by atoms with E-state index in [0.717, 1.165) is 37.1 Å². The summed E-state index contributed by atoms with van der Waals surface area (Å²) in [5, 5.41) is 0. The Kier molecular flexibility index (Phi) is 6.41. The summed E-state index contributed by atoms with van der Waals surface area (Å²) in [6, 6.07) is 10.2. The number of nitrogens with two attached hydrogens (primary N) is 1. The lowest BCUT2D eigenvalue weighted by atomic mass is 9.86. The molecule has 120 valence electrons. The van der Waals surface area contributed by atoms with Gasteiger partial charge in [-0.25, -0.2) is 4.98 Å². The second kappa shape index (κ2) is 7.63. The third kappa shape index (κ3) is 2.97. The minimum atomic E-state index is -0.375. The van der Waals surface area contributed by atoms with E-state index in [4.69, 9.17) is 5.73 Å². The van der Waals surface area contributed by atoms with Crippen molar-refractivity contribution in [3.8, 4) is 0 Å². The van der Waals surface area contributed by atoms with Gasteiger partial charge >= 0.3 is 0 Å². The normalized spacial score (nSPS) is 20.9. The van der Waals surface area contributed by atoms with E-state index in [1.807, 2.05) is 18.2 Å². The predicted octanol–water partition coefficient (Wildman–Crippen LogP) is 2.37. The number of aldehydes is 1. The average Bonchev–Trinajstić information content (AvgIpc) is 3.08. The Morgan fingerprint density at radius 3 is 2.64 bits per heavy atom. The van der Waals surface area contributed by atoms with Crippen molar-refractivity contribution in [2.45, 2.75) is 18.4 Å². The van der Waals surface area contributed by atoms with Crippen LogP contribution in [-0.2, 0) is 10.3 Å². The van der Waals surface area contributed by atoms with Crippen LogP contribution in [0.1, 0.15) is 24.2 Å². The molecule has 1 atom stereocenters. The van der Waals surface area contributed by atoms with Crippen LogP contribution in [-0.4, -0.2) is 34.2 Å². The van der Waals surface area contributed by atoms with Gasteiger partial charge < -0.3 is 15.5 Å². The van der Waals surface area contributed by atoms with Crippen molar-refractivity contribution >= 4 is 36.9 Å². The van der Waals surface area contributed by atoms with Gasteiger partial charge in [0.05, 0.1) is 12.7 Å². The number of rotatable bonds is 4. The van der Waals surface area contributed by atoms with Crippen molar-refractivity contribution in [3.05, 3.63) is 47.9 Å². The fraction of sp³-hybridized carbons (Fsp3) is 0.333. The second-order valence-electron chi connectivity index (χ2n) is 5.13. The molecule has 22 heavy (non-hydrogen) atoms. The Bertz CT molecular complexity index is 605. The van der Waals surface area contributed by atoms with Crippen molar-refractivity contribution in [3.63, 3.8) is 0 Å². The van der Waals surface area contributed by atoms with E-state index >= 15 is 0 Å². The number of nitrogen functional groups attached to an aromatic ring is 1. The number of halogens is 2. The van der Waals surface area contributed by atoms with Gasteiger partial charge in [-0.1, -0.05) is 30.3 Å². The maximum Gasteiger partial charge on any atom is 0.134 e. The quantitative estimate of drug-likeness (QED) is 0.836. The topological polar surface area (TPSA) is 75.0 Å². The average molecular weight is 343 g/mol. The molecule has 5 nitrogen and oxygen atoms in total. The van der Waals surface area contributed by atoms with Gasteiger partial charge in [-0.05, 0) is 24.9 Å². The molecule has 1 aromatic carbocycles. The number of carbonyl (C=O) groups excluding carboxylic acids is 1. The first-order valence-electron chi connectivity index (χ1n) is 6.82. The number of hydrogen-bond acceptors (Lipinski definition) is 4. The molecule has 2 aromatic rings. The van der Waals surface area contributed by atoms with Crippen LogP contribution in [0.15, 0.2) is 36.5 Å². The molecule has 0 spiro atoms. The van der Waals surface area contributed by atoms with Crippen LogP contribution in [0.3, 0.4) is 0 Å². The van der Waals surface area contributed by atoms with Crippen LogP contribution in [0.4, 0.5) is 5.82 Å². The van der Waals surface area contributed by atoms with Crippen LogP contribution in [0.5, 0.6) is 0 Å². The molecule has 0 radical (unpaired) electrons. The van der Waals surface area contributed by atoms with Gasteiger partial charge in [-0.15, -0.1) is 24.8 Å². The third-order valence-electron chi connectivity index (χ3n) is 4.04. The number of nitrogens with one attached hydrogen (secondary N) is 1. The molecule has 1 aliphatic rings. The van der Waals surface area contributed by atoms with E-state index in [9.17, 15) is 4.79 Å². The highest BCUT2D eigenvalue weighted by Gasteiger charge is 2.45. The van der Waals surface area contributed by atoms with E-state index in [1.54, 1.807) is 6.20 Å². The van der Waals surface area contributed by atoms with Gasteiger partial charge in [0.25, 0.3) is 0 Å². The van der Waals surface area contributed by atoms with Crippen molar-refractivity contribution in [1.29, 1.82) is 0 Å². The number of aromatic amines is 1. The maximum absolute atomic E-state index is 11.0. The van der Waals surface area contributed by atoms with Crippen molar-refractivity contribution < 1.29 is 4.79 Å². The van der Waals surface area contributed by atoms with E-state index < -0.39 is 0 Å². The van der Waals surface area contributed by atoms with Gasteiger partial charge in [-0.2, -0.15) is 0 Å². The Morgan fingerprint density at radius 1 is 1.32 bits per heavy atom. The second-order valence-corrected chi connectivity index (χ2v) is 5.13. The summed E-state index contributed by atoms with van der Waals surface area (Å²) >= 11 is 0. The number of anilines is 1. The Labute approximate surface area is 142 Å². The molecule has 1 aliphatic heterocycles. The first kappa shape index (κ1) is 18.5. The van der Waals surface area contributed by atoms with Crippen LogP contribution in [0.2, 0.25) is 0 Å². The standard InChI is InChI=1S/C15H18N4O.2ClH/c16-13-11-17-14(18-13)15(12-5-2-1-3-6-12)7-4-8-19(15)9-10-20;;/h1-3,5-6,10-11H,4,7-9,16H2,(H,17,18);2*1H. The molecule has 0 aliphatic carbocycles. The van der Waals surface area contributed by atoms with Gasteiger partial charge in [0.15, 0.2) is 0 Å². The summed E-state index contributed by atoms with van der Waals surface area (Å²) in [6.45, 7) is 1.28. The smallest absolute Gasteiger partial charge is 0.134 e. The molecule has 1 saturated heterocycles. The highest BCUT2D eigenvalue weighted by atomic mass is 35.5. The Balaban J connectivity index is 0.00000121. The summed E-state index contributed by atoms with van der Waals surface area (Å²) < 4.78 is 0. The zero-order chi connectivity index (χ0) is 14.0. The third-order valence-corrected chi connectivity index (χ3v) is 4.04. The molecule has 2 heterocycles. The van der Waals surface area contributed by atoms with E-state index in [-0.39, 0.29) is 30.4 Å². The molecule has 3 N–H and O–H groups in total. The lowest BCUT2D eigenvalue weighted by Crippen LogP contribution is -2.44. The fourth-order valence-electron chi connectivity index (χ4n) is 3.20. The monoisotopic (exact) mass is 342 g/mol. The summed E-state index contributed by atoms with van der Waals surface area (Å²) in [7, 11) is 0. The van der Waals surface area contributed by atoms with Crippen molar-refractivity contribution in [2.24, 2.45) is 0 Å². The highest BCUT2D eigenvalue weighted by molar-refractivity contribution is 5.85. The molecule has 7 heteroatoms. The summed E-state index contributed by atoms with van der Waals surface area (Å²) in [4.78, 5) is 20.8. The molecular weight excluding hydrogens is 323 g/mol. The molecule has 0 saturated carbocycles. The zero-order valence-corrected chi connectivity index (χ0v) is 13.7. The van der Waals surface area contributed by atoms with Crippen LogP contribution < -0.4 is 5.73 Å². The number of benzene rings is 1. The molecular formula is C15H20Cl2N4O. The van der Waals surface area contributed by atoms with E-state index in [2.05, 4.69) is 27.0 Å². The van der Waals surface area contributed by atoms with E-state index in [0.29, 0.717) is 12.4 Å². The zero-order valence-electron chi connectivity index (χ0n) is 12.1. The molecule has 1 unspecified atom stereocenters. The summed E-state index contributed by atoms with van der Waals surface area (Å²) in [5.41, 5.74) is 6.57. The van der Waals surface area contributed by atoms with Crippen LogP contribution in [0, 0.1) is 0 Å². The number of likely N-dealkylation sites (tertiary alicyclic amines) is 1. The number of H-pyrrole nitrogens is 1. The molecule has 1 aromatic heterocycles. The molecule has 0 bridgehead atoms. The number of aromatic nitrogens is 2. The number of hydrogen-bond donors (Lipinski definition) is 2. The van der Waals surface area contributed by atoms with Crippen LogP contribution >= 0.6 is 24.8 Å². The summed E-state index contributed by atoms with van der Waals surface area (Å²) in [5.74, 6) is 1.37.